The van der Waals surface area contributed by atoms with Crippen molar-refractivity contribution in [2.24, 2.45) is 0 Å². The van der Waals surface area contributed by atoms with Gasteiger partial charge >= 0.3 is 5.97 Å². The minimum atomic E-state index is -0.584. The number of aromatic nitrogens is 1. The van der Waals surface area contributed by atoms with E-state index in [-0.39, 0.29) is 6.54 Å². The van der Waals surface area contributed by atoms with Crippen LogP contribution in [0.4, 0.5) is 0 Å². The minimum Gasteiger partial charge on any atom is -0.459 e. The number of nitrogens with one attached hydrogen (secondary N) is 1. The van der Waals surface area contributed by atoms with Gasteiger partial charge in [-0.2, -0.15) is 0 Å². The number of amides is 1. The molecule has 1 aromatic heterocycles. The van der Waals surface area contributed by atoms with E-state index >= 15 is 0 Å². The summed E-state index contributed by atoms with van der Waals surface area (Å²) in [6.07, 6.45) is 1.39. The van der Waals surface area contributed by atoms with Gasteiger partial charge in [-0.25, -0.2) is 4.98 Å². The first-order chi connectivity index (χ1) is 11.3. The maximum atomic E-state index is 12.0. The number of para-hydroxylation sites is 1. The predicted octanol–water partition coefficient (Wildman–Crippen LogP) is 2.95. The molecule has 2 rings (SSSR count). The summed E-state index contributed by atoms with van der Waals surface area (Å²) >= 11 is 0. The van der Waals surface area contributed by atoms with Crippen molar-refractivity contribution >= 4 is 11.9 Å². The molecule has 0 aliphatic heterocycles. The van der Waals surface area contributed by atoms with E-state index in [1.807, 2.05) is 30.3 Å². The van der Waals surface area contributed by atoms with E-state index in [9.17, 15) is 9.59 Å². The van der Waals surface area contributed by atoms with E-state index in [1.165, 1.54) is 6.20 Å². The zero-order valence-electron chi connectivity index (χ0n) is 13.9. The lowest BCUT2D eigenvalue weighted by Gasteiger charge is -2.19. The molecule has 126 valence electrons. The molecule has 0 bridgehead atoms. The summed E-state index contributed by atoms with van der Waals surface area (Å²) in [7, 11) is 0. The molecule has 0 saturated carbocycles. The molecule has 0 fully saturated rings. The van der Waals surface area contributed by atoms with Crippen LogP contribution in [0.1, 0.15) is 31.1 Å². The Morgan fingerprint density at radius 1 is 1.08 bits per heavy atom. The van der Waals surface area contributed by atoms with Crippen molar-refractivity contribution in [3.8, 4) is 11.6 Å². The number of ether oxygens (including phenoxy) is 2. The van der Waals surface area contributed by atoms with Gasteiger partial charge in [-0.15, -0.1) is 0 Å². The highest BCUT2D eigenvalue weighted by Crippen LogP contribution is 2.18. The highest BCUT2D eigenvalue weighted by molar-refractivity contribution is 5.95. The van der Waals surface area contributed by atoms with E-state index in [2.05, 4.69) is 10.3 Å². The van der Waals surface area contributed by atoms with Gasteiger partial charge in [0.2, 0.25) is 5.88 Å². The number of rotatable bonds is 5. The number of hydrogen-bond acceptors (Lipinski definition) is 5. The van der Waals surface area contributed by atoms with E-state index < -0.39 is 17.5 Å². The second-order valence-corrected chi connectivity index (χ2v) is 6.07. The Kier molecular flexibility index (Phi) is 5.52. The number of pyridine rings is 1. The largest absolute Gasteiger partial charge is 0.459 e. The molecule has 0 aliphatic rings. The maximum absolute atomic E-state index is 12.0. The first-order valence-electron chi connectivity index (χ1n) is 7.52. The molecule has 6 nitrogen and oxygen atoms in total. The van der Waals surface area contributed by atoms with Gasteiger partial charge in [0, 0.05) is 12.3 Å². The SMILES string of the molecule is CC(C)(C)OC(=O)CNC(=O)c1ccc(Oc2ccccc2)nc1. The molecule has 1 amide bonds. The Balaban J connectivity index is 1.88. The van der Waals surface area contributed by atoms with Gasteiger partial charge in [-0.1, -0.05) is 18.2 Å². The summed E-state index contributed by atoms with van der Waals surface area (Å²) < 4.78 is 10.7. The predicted molar refractivity (Wildman–Crippen MR) is 88.9 cm³/mol. The molecule has 0 unspecified atom stereocenters. The van der Waals surface area contributed by atoms with E-state index in [0.717, 1.165) is 0 Å². The zero-order valence-corrected chi connectivity index (χ0v) is 13.9. The fraction of sp³-hybridized carbons (Fsp3) is 0.278. The third-order valence-corrected chi connectivity index (χ3v) is 2.78. The number of nitrogens with zero attached hydrogens (tertiary/aromatic N) is 1. The average molecular weight is 328 g/mol. The molecule has 0 atom stereocenters. The molecular weight excluding hydrogens is 308 g/mol. The lowest BCUT2D eigenvalue weighted by molar-refractivity contribution is -0.153. The monoisotopic (exact) mass is 328 g/mol. The van der Waals surface area contributed by atoms with Crippen molar-refractivity contribution in [1.82, 2.24) is 10.3 Å². The zero-order chi connectivity index (χ0) is 17.6. The van der Waals surface area contributed by atoms with Gasteiger partial charge in [0.05, 0.1) is 5.56 Å². The summed E-state index contributed by atoms with van der Waals surface area (Å²) in [5.41, 5.74) is -0.251. The Morgan fingerprint density at radius 2 is 1.79 bits per heavy atom. The summed E-state index contributed by atoms with van der Waals surface area (Å²) in [6, 6.07) is 12.4. The second kappa shape index (κ2) is 7.59. The van der Waals surface area contributed by atoms with Gasteiger partial charge in [-0.05, 0) is 39.0 Å². The fourth-order valence-corrected chi connectivity index (χ4v) is 1.82. The molecule has 24 heavy (non-hydrogen) atoms. The molecule has 0 saturated heterocycles. The van der Waals surface area contributed by atoms with Crippen LogP contribution in [0.3, 0.4) is 0 Å². The average Bonchev–Trinajstić information content (AvgIpc) is 2.53. The van der Waals surface area contributed by atoms with Gasteiger partial charge in [0.1, 0.15) is 17.9 Å². The lowest BCUT2D eigenvalue weighted by Crippen LogP contribution is -2.34. The van der Waals surface area contributed by atoms with Crippen molar-refractivity contribution in [2.45, 2.75) is 26.4 Å². The standard InChI is InChI=1S/C18H20N2O4/c1-18(2,3)24-16(21)12-20-17(22)13-9-10-15(19-11-13)23-14-7-5-4-6-8-14/h4-11H,12H2,1-3H3,(H,20,22). The van der Waals surface area contributed by atoms with Crippen LogP contribution in [0.2, 0.25) is 0 Å². The lowest BCUT2D eigenvalue weighted by atomic mass is 10.2. The third-order valence-electron chi connectivity index (χ3n) is 2.78. The quantitative estimate of drug-likeness (QED) is 0.854. The third kappa shape index (κ3) is 5.72. The minimum absolute atomic E-state index is 0.196. The van der Waals surface area contributed by atoms with Crippen LogP contribution in [0.25, 0.3) is 0 Å². The highest BCUT2D eigenvalue weighted by atomic mass is 16.6. The number of carbonyl (C=O) groups is 2. The molecule has 6 heteroatoms. The Labute approximate surface area is 140 Å². The van der Waals surface area contributed by atoms with E-state index in [4.69, 9.17) is 9.47 Å². The van der Waals surface area contributed by atoms with E-state index in [1.54, 1.807) is 32.9 Å². The van der Waals surface area contributed by atoms with Crippen molar-refractivity contribution < 1.29 is 19.1 Å². The number of esters is 1. The Bertz CT molecular complexity index is 691. The molecule has 1 N–H and O–H groups in total. The van der Waals surface area contributed by atoms with Crippen LogP contribution in [-0.4, -0.2) is 29.0 Å². The first kappa shape index (κ1) is 17.5. The van der Waals surface area contributed by atoms with Crippen LogP contribution < -0.4 is 10.1 Å². The van der Waals surface area contributed by atoms with Crippen LogP contribution in [0, 0.1) is 0 Å². The number of hydrogen-bond donors (Lipinski definition) is 1. The van der Waals surface area contributed by atoms with Crippen LogP contribution >= 0.6 is 0 Å². The van der Waals surface area contributed by atoms with Gasteiger partial charge in [0.25, 0.3) is 5.91 Å². The van der Waals surface area contributed by atoms with Crippen molar-refractivity contribution in [3.63, 3.8) is 0 Å². The maximum Gasteiger partial charge on any atom is 0.325 e. The molecule has 0 spiro atoms. The van der Waals surface area contributed by atoms with Crippen LogP contribution in [0.15, 0.2) is 48.7 Å². The summed E-state index contributed by atoms with van der Waals surface area (Å²) in [5.74, 6) is 0.143. The van der Waals surface area contributed by atoms with Crippen LogP contribution in [-0.2, 0) is 9.53 Å². The molecule has 1 aromatic carbocycles. The van der Waals surface area contributed by atoms with Gasteiger partial charge in [0.15, 0.2) is 0 Å². The molecule has 1 heterocycles. The van der Waals surface area contributed by atoms with Crippen molar-refractivity contribution in [3.05, 3.63) is 54.2 Å². The Morgan fingerprint density at radius 3 is 2.38 bits per heavy atom. The molecule has 0 aliphatic carbocycles. The summed E-state index contributed by atoms with van der Waals surface area (Å²) in [6.45, 7) is 5.10. The normalized spacial score (nSPS) is 10.8. The topological polar surface area (TPSA) is 77.5 Å². The smallest absolute Gasteiger partial charge is 0.325 e. The van der Waals surface area contributed by atoms with E-state index in [0.29, 0.717) is 17.2 Å². The molecule has 2 aromatic rings. The second-order valence-electron chi connectivity index (χ2n) is 6.07. The summed E-state index contributed by atoms with van der Waals surface area (Å²) in [4.78, 5) is 27.6. The van der Waals surface area contributed by atoms with Crippen molar-refractivity contribution in [2.75, 3.05) is 6.54 Å². The Hall–Kier alpha value is -2.89. The number of carbonyl (C=O) groups excluding carboxylic acids is 2. The van der Waals surface area contributed by atoms with Crippen LogP contribution in [0.5, 0.6) is 11.6 Å². The van der Waals surface area contributed by atoms with Crippen molar-refractivity contribution in [1.29, 1.82) is 0 Å². The first-order valence-corrected chi connectivity index (χ1v) is 7.52. The molecular formula is C18H20N2O4. The summed E-state index contributed by atoms with van der Waals surface area (Å²) in [5, 5.41) is 2.50. The highest BCUT2D eigenvalue weighted by Gasteiger charge is 2.17. The number of benzene rings is 1. The van der Waals surface area contributed by atoms with Gasteiger partial charge in [-0.3, -0.25) is 9.59 Å². The fourth-order valence-electron chi connectivity index (χ4n) is 1.82. The molecule has 0 radical (unpaired) electrons. The van der Waals surface area contributed by atoms with Gasteiger partial charge < -0.3 is 14.8 Å².